The zero-order valence-electron chi connectivity index (χ0n) is 14.5. The lowest BCUT2D eigenvalue weighted by Gasteiger charge is -2.14. The molecule has 5 nitrogen and oxygen atoms in total. The van der Waals surface area contributed by atoms with Gasteiger partial charge in [0, 0.05) is 10.7 Å². The van der Waals surface area contributed by atoms with Gasteiger partial charge in [0.05, 0.1) is 18.4 Å². The van der Waals surface area contributed by atoms with Gasteiger partial charge in [0.2, 0.25) is 0 Å². The lowest BCUT2D eigenvalue weighted by molar-refractivity contribution is 0.0934. The molecule has 1 amide bonds. The number of benzene rings is 2. The van der Waals surface area contributed by atoms with Crippen LogP contribution in [0, 0.1) is 6.92 Å². The van der Waals surface area contributed by atoms with E-state index in [1.807, 2.05) is 62.4 Å². The third-order valence-electron chi connectivity index (χ3n) is 4.06. The van der Waals surface area contributed by atoms with Crippen LogP contribution in [0.5, 0.6) is 0 Å². The van der Waals surface area contributed by atoms with Crippen LogP contribution < -0.4 is 10.6 Å². The Labute approximate surface area is 157 Å². The van der Waals surface area contributed by atoms with Crippen molar-refractivity contribution in [2.75, 3.05) is 5.32 Å². The van der Waals surface area contributed by atoms with Gasteiger partial charge < -0.3 is 10.6 Å². The molecule has 0 spiro atoms. The number of amides is 1. The predicted octanol–water partition coefficient (Wildman–Crippen LogP) is 4.67. The van der Waals surface area contributed by atoms with Crippen molar-refractivity contribution in [3.05, 3.63) is 82.8 Å². The molecule has 6 heteroatoms. The second kappa shape index (κ2) is 7.97. The van der Waals surface area contributed by atoms with Crippen LogP contribution in [0.1, 0.15) is 34.6 Å². The van der Waals surface area contributed by atoms with Crippen molar-refractivity contribution >= 4 is 29.0 Å². The van der Waals surface area contributed by atoms with Crippen LogP contribution in [0.25, 0.3) is 0 Å². The molecule has 0 aliphatic carbocycles. The zero-order chi connectivity index (χ0) is 18.5. The summed E-state index contributed by atoms with van der Waals surface area (Å²) < 4.78 is 0. The van der Waals surface area contributed by atoms with E-state index < -0.39 is 0 Å². The number of nitrogens with zero attached hydrogens (tertiary/aromatic N) is 2. The quantitative estimate of drug-likeness (QED) is 0.688. The van der Waals surface area contributed by atoms with Crippen LogP contribution in [-0.4, -0.2) is 15.9 Å². The van der Waals surface area contributed by atoms with Crippen LogP contribution in [0.3, 0.4) is 0 Å². The van der Waals surface area contributed by atoms with E-state index in [9.17, 15) is 4.79 Å². The van der Waals surface area contributed by atoms with Crippen molar-refractivity contribution in [3.63, 3.8) is 0 Å². The molecule has 2 aromatic carbocycles. The monoisotopic (exact) mass is 366 g/mol. The molecule has 2 N–H and O–H groups in total. The van der Waals surface area contributed by atoms with Crippen LogP contribution in [0.2, 0.25) is 5.02 Å². The van der Waals surface area contributed by atoms with E-state index in [1.54, 1.807) is 0 Å². The third-order valence-corrected chi connectivity index (χ3v) is 4.47. The van der Waals surface area contributed by atoms with Gasteiger partial charge in [0.25, 0.3) is 5.91 Å². The fourth-order valence-electron chi connectivity index (χ4n) is 2.49. The van der Waals surface area contributed by atoms with E-state index >= 15 is 0 Å². The number of carbonyl (C=O) groups is 1. The maximum Gasteiger partial charge on any atom is 0.271 e. The summed E-state index contributed by atoms with van der Waals surface area (Å²) in [6, 6.07) is 15.2. The molecule has 1 atom stereocenters. The van der Waals surface area contributed by atoms with Crippen LogP contribution >= 0.6 is 11.6 Å². The van der Waals surface area contributed by atoms with Crippen LogP contribution in [0.15, 0.2) is 60.9 Å². The largest absolute Gasteiger partial charge is 0.344 e. The molecule has 1 unspecified atom stereocenters. The highest BCUT2D eigenvalue weighted by atomic mass is 35.5. The number of nitrogens with one attached hydrogen (secondary N) is 2. The highest BCUT2D eigenvalue weighted by Gasteiger charge is 2.13. The minimum Gasteiger partial charge on any atom is -0.344 e. The minimum atomic E-state index is -0.265. The van der Waals surface area contributed by atoms with E-state index in [4.69, 9.17) is 11.6 Å². The molecule has 0 aliphatic heterocycles. The predicted molar refractivity (Wildman–Crippen MR) is 104 cm³/mol. The number of aromatic nitrogens is 2. The Balaban J connectivity index is 1.67. The summed E-state index contributed by atoms with van der Waals surface area (Å²) in [6.07, 6.45) is 2.98. The van der Waals surface area contributed by atoms with E-state index in [-0.39, 0.29) is 17.6 Å². The molecule has 0 saturated heterocycles. The third kappa shape index (κ3) is 4.18. The molecular weight excluding hydrogens is 348 g/mol. The van der Waals surface area contributed by atoms with Gasteiger partial charge in [-0.25, -0.2) is 9.97 Å². The van der Waals surface area contributed by atoms with E-state index in [1.165, 1.54) is 12.4 Å². The van der Waals surface area contributed by atoms with E-state index in [0.29, 0.717) is 10.8 Å². The SMILES string of the molecule is Cc1c(Cl)cccc1Nc1cnc(C(=O)NC(C)c2ccccc2)cn1. The molecular formula is C20H19ClN4O. The molecule has 0 saturated carbocycles. The Bertz CT molecular complexity index is 897. The van der Waals surface area contributed by atoms with Gasteiger partial charge in [-0.3, -0.25) is 4.79 Å². The number of hydrogen-bond acceptors (Lipinski definition) is 4. The van der Waals surface area contributed by atoms with Gasteiger partial charge in [0.1, 0.15) is 11.5 Å². The number of halogens is 1. The summed E-state index contributed by atoms with van der Waals surface area (Å²) >= 11 is 6.12. The summed E-state index contributed by atoms with van der Waals surface area (Å²) in [6.45, 7) is 3.85. The first-order valence-electron chi connectivity index (χ1n) is 8.24. The average molecular weight is 367 g/mol. The summed E-state index contributed by atoms with van der Waals surface area (Å²) in [5.41, 5.74) is 3.07. The maximum atomic E-state index is 12.3. The van der Waals surface area contributed by atoms with Gasteiger partial charge in [-0.05, 0) is 37.1 Å². The summed E-state index contributed by atoms with van der Waals surface area (Å²) in [7, 11) is 0. The molecule has 0 fully saturated rings. The van der Waals surface area contributed by atoms with Gasteiger partial charge >= 0.3 is 0 Å². The maximum absolute atomic E-state index is 12.3. The highest BCUT2D eigenvalue weighted by Crippen LogP contribution is 2.25. The van der Waals surface area contributed by atoms with Crippen molar-refractivity contribution in [1.82, 2.24) is 15.3 Å². The molecule has 26 heavy (non-hydrogen) atoms. The molecule has 3 rings (SSSR count). The second-order valence-corrected chi connectivity index (χ2v) is 6.34. The molecule has 0 radical (unpaired) electrons. The Hall–Kier alpha value is -2.92. The van der Waals surface area contributed by atoms with Gasteiger partial charge in [-0.1, -0.05) is 48.0 Å². The lowest BCUT2D eigenvalue weighted by atomic mass is 10.1. The van der Waals surface area contributed by atoms with E-state index in [2.05, 4.69) is 20.6 Å². The smallest absolute Gasteiger partial charge is 0.271 e. The van der Waals surface area contributed by atoms with Crippen molar-refractivity contribution in [2.24, 2.45) is 0 Å². The molecule has 0 bridgehead atoms. The first-order valence-corrected chi connectivity index (χ1v) is 8.62. The number of anilines is 2. The van der Waals surface area contributed by atoms with Crippen molar-refractivity contribution < 1.29 is 4.79 Å². The zero-order valence-corrected chi connectivity index (χ0v) is 15.3. The fraction of sp³-hybridized carbons (Fsp3) is 0.150. The standard InChI is InChI=1S/C20H19ClN4O/c1-13-16(21)9-6-10-17(13)25-19-12-22-18(11-23-19)20(26)24-14(2)15-7-4-3-5-8-15/h3-12,14H,1-2H3,(H,23,25)(H,24,26). The second-order valence-electron chi connectivity index (χ2n) is 5.93. The first kappa shape index (κ1) is 17.9. The summed E-state index contributed by atoms with van der Waals surface area (Å²) in [5.74, 6) is 0.280. The van der Waals surface area contributed by atoms with Crippen molar-refractivity contribution in [1.29, 1.82) is 0 Å². The average Bonchev–Trinajstić information content (AvgIpc) is 2.66. The Morgan fingerprint density at radius 3 is 2.50 bits per heavy atom. The number of carbonyl (C=O) groups excluding carboxylic acids is 1. The lowest BCUT2D eigenvalue weighted by Crippen LogP contribution is -2.27. The Morgan fingerprint density at radius 1 is 1.04 bits per heavy atom. The minimum absolute atomic E-state index is 0.114. The number of hydrogen-bond donors (Lipinski definition) is 2. The topological polar surface area (TPSA) is 66.9 Å². The number of rotatable bonds is 5. The van der Waals surface area contributed by atoms with Crippen LogP contribution in [-0.2, 0) is 0 Å². The molecule has 3 aromatic rings. The van der Waals surface area contributed by atoms with Crippen molar-refractivity contribution in [2.45, 2.75) is 19.9 Å². The molecule has 132 valence electrons. The van der Waals surface area contributed by atoms with E-state index in [0.717, 1.165) is 16.8 Å². The Morgan fingerprint density at radius 2 is 1.81 bits per heavy atom. The first-order chi connectivity index (χ1) is 12.5. The molecule has 1 aromatic heterocycles. The van der Waals surface area contributed by atoms with Crippen molar-refractivity contribution in [3.8, 4) is 0 Å². The Kier molecular flexibility index (Phi) is 5.49. The van der Waals surface area contributed by atoms with Gasteiger partial charge in [0.15, 0.2) is 0 Å². The van der Waals surface area contributed by atoms with Gasteiger partial charge in [-0.2, -0.15) is 0 Å². The normalized spacial score (nSPS) is 11.7. The summed E-state index contributed by atoms with van der Waals surface area (Å²) in [4.78, 5) is 20.8. The van der Waals surface area contributed by atoms with Crippen LogP contribution in [0.4, 0.5) is 11.5 Å². The molecule has 1 heterocycles. The fourth-order valence-corrected chi connectivity index (χ4v) is 2.66. The molecule has 0 aliphatic rings. The summed E-state index contributed by atoms with van der Waals surface area (Å²) in [5, 5.41) is 6.75. The highest BCUT2D eigenvalue weighted by molar-refractivity contribution is 6.31. The van der Waals surface area contributed by atoms with Gasteiger partial charge in [-0.15, -0.1) is 0 Å².